The number of nitro groups is 1. The smallest absolute Gasteiger partial charge is 0.355 e. The van der Waals surface area contributed by atoms with Gasteiger partial charge in [-0.15, -0.1) is 0 Å². The summed E-state index contributed by atoms with van der Waals surface area (Å²) in [6.07, 6.45) is 1.22. The van der Waals surface area contributed by atoms with Crippen LogP contribution in [-0.2, 0) is 0 Å². The zero-order chi connectivity index (χ0) is 20.4. The fourth-order valence-electron chi connectivity index (χ4n) is 2.71. The lowest BCUT2D eigenvalue weighted by Crippen LogP contribution is -2.10. The van der Waals surface area contributed by atoms with Crippen LogP contribution in [0.1, 0.15) is 11.4 Å². The van der Waals surface area contributed by atoms with Crippen molar-refractivity contribution in [1.82, 2.24) is 19.7 Å². The van der Waals surface area contributed by atoms with Gasteiger partial charge in [-0.3, -0.25) is 10.1 Å². The molecule has 3 rings (SSSR count). The fourth-order valence-corrected chi connectivity index (χ4v) is 2.95. The molecule has 0 aliphatic rings. The van der Waals surface area contributed by atoms with Gasteiger partial charge < -0.3 is 14.8 Å². The molecule has 0 aliphatic heterocycles. The van der Waals surface area contributed by atoms with Crippen LogP contribution in [0.3, 0.4) is 0 Å². The Labute approximate surface area is 165 Å². The number of nitrogens with zero attached hydrogens (tertiary/aromatic N) is 5. The molecule has 10 nitrogen and oxygen atoms in total. The van der Waals surface area contributed by atoms with Crippen molar-refractivity contribution in [2.45, 2.75) is 13.8 Å². The molecule has 0 amide bonds. The van der Waals surface area contributed by atoms with Crippen LogP contribution < -0.4 is 14.8 Å². The van der Waals surface area contributed by atoms with Crippen LogP contribution in [0.2, 0.25) is 5.02 Å². The molecule has 146 valence electrons. The van der Waals surface area contributed by atoms with E-state index in [2.05, 4.69) is 20.4 Å². The number of aromatic nitrogens is 4. The van der Waals surface area contributed by atoms with Gasteiger partial charge in [0.1, 0.15) is 17.8 Å². The van der Waals surface area contributed by atoms with Gasteiger partial charge in [-0.05, 0) is 26.0 Å². The molecule has 11 heteroatoms. The van der Waals surface area contributed by atoms with Gasteiger partial charge in [0.2, 0.25) is 11.6 Å². The first-order valence-corrected chi connectivity index (χ1v) is 8.45. The van der Waals surface area contributed by atoms with Crippen LogP contribution >= 0.6 is 11.6 Å². The van der Waals surface area contributed by atoms with Crippen molar-refractivity contribution in [3.63, 3.8) is 0 Å². The highest BCUT2D eigenvalue weighted by atomic mass is 35.5. The molecule has 0 saturated carbocycles. The Morgan fingerprint density at radius 2 is 1.86 bits per heavy atom. The average molecular weight is 405 g/mol. The average Bonchev–Trinajstić information content (AvgIpc) is 2.99. The van der Waals surface area contributed by atoms with Crippen LogP contribution in [0.15, 0.2) is 24.5 Å². The van der Waals surface area contributed by atoms with Crippen LogP contribution in [0.25, 0.3) is 5.82 Å². The second-order valence-corrected chi connectivity index (χ2v) is 6.21. The molecular formula is C17H17ClN6O4. The van der Waals surface area contributed by atoms with Crippen molar-refractivity contribution in [3.05, 3.63) is 51.1 Å². The third-order valence-electron chi connectivity index (χ3n) is 3.92. The summed E-state index contributed by atoms with van der Waals surface area (Å²) in [5, 5.41) is 19.3. The van der Waals surface area contributed by atoms with Gasteiger partial charge in [0, 0.05) is 11.8 Å². The van der Waals surface area contributed by atoms with Gasteiger partial charge in [0.15, 0.2) is 0 Å². The molecule has 0 radical (unpaired) electrons. The summed E-state index contributed by atoms with van der Waals surface area (Å²) in [6, 6.07) is 4.90. The van der Waals surface area contributed by atoms with Crippen molar-refractivity contribution in [2.24, 2.45) is 0 Å². The van der Waals surface area contributed by atoms with Crippen LogP contribution in [0, 0.1) is 24.0 Å². The summed E-state index contributed by atoms with van der Waals surface area (Å²) >= 11 is 6.18. The van der Waals surface area contributed by atoms with E-state index in [1.165, 1.54) is 31.3 Å². The van der Waals surface area contributed by atoms with E-state index in [0.29, 0.717) is 33.6 Å². The Hall–Kier alpha value is -3.40. The van der Waals surface area contributed by atoms with Crippen molar-refractivity contribution < 1.29 is 14.4 Å². The Bertz CT molecular complexity index is 1050. The van der Waals surface area contributed by atoms with Crippen molar-refractivity contribution in [1.29, 1.82) is 0 Å². The minimum Gasteiger partial charge on any atom is -0.495 e. The highest BCUT2D eigenvalue weighted by Crippen LogP contribution is 2.39. The Balaban J connectivity index is 2.14. The van der Waals surface area contributed by atoms with Gasteiger partial charge >= 0.3 is 5.69 Å². The first-order valence-electron chi connectivity index (χ1n) is 8.07. The SMILES string of the molecule is COc1cc(OC)c(Nc2ncnc(-n3nc(C)cc3C)c2[N+](=O)[O-])cc1Cl. The van der Waals surface area contributed by atoms with Crippen molar-refractivity contribution >= 4 is 28.8 Å². The van der Waals surface area contributed by atoms with E-state index in [1.54, 1.807) is 26.0 Å². The van der Waals surface area contributed by atoms with Crippen molar-refractivity contribution in [2.75, 3.05) is 19.5 Å². The third-order valence-corrected chi connectivity index (χ3v) is 4.22. The first kappa shape index (κ1) is 19.4. The molecule has 0 fully saturated rings. The normalized spacial score (nSPS) is 10.6. The highest BCUT2D eigenvalue weighted by Gasteiger charge is 2.27. The quantitative estimate of drug-likeness (QED) is 0.489. The summed E-state index contributed by atoms with van der Waals surface area (Å²) < 4.78 is 11.9. The van der Waals surface area contributed by atoms with Gasteiger partial charge in [0.25, 0.3) is 0 Å². The predicted molar refractivity (Wildman–Crippen MR) is 103 cm³/mol. The molecular weight excluding hydrogens is 388 g/mol. The Morgan fingerprint density at radius 1 is 1.14 bits per heavy atom. The zero-order valence-corrected chi connectivity index (χ0v) is 16.3. The van der Waals surface area contributed by atoms with Gasteiger partial charge in [0.05, 0.1) is 35.5 Å². The Morgan fingerprint density at radius 3 is 2.43 bits per heavy atom. The van der Waals surface area contributed by atoms with Crippen LogP contribution in [0.4, 0.5) is 17.2 Å². The fraction of sp³-hybridized carbons (Fsp3) is 0.235. The van der Waals surface area contributed by atoms with E-state index in [-0.39, 0.29) is 17.3 Å². The number of nitrogens with one attached hydrogen (secondary N) is 1. The topological polar surface area (TPSA) is 117 Å². The number of hydrogen-bond donors (Lipinski definition) is 1. The second-order valence-electron chi connectivity index (χ2n) is 5.80. The molecule has 2 aromatic heterocycles. The standard InChI is InChI=1S/C17H17ClN6O4/c1-9-5-10(2)23(22-9)17-15(24(25)26)16(19-8-20-17)21-12-6-11(18)13(27-3)7-14(12)28-4/h5-8H,1-4H3,(H,19,20,21). The van der Waals surface area contributed by atoms with Gasteiger partial charge in [-0.2, -0.15) is 5.10 Å². The van der Waals surface area contributed by atoms with Crippen LogP contribution in [-0.4, -0.2) is 38.9 Å². The van der Waals surface area contributed by atoms with E-state index in [9.17, 15) is 10.1 Å². The maximum atomic E-state index is 11.8. The third kappa shape index (κ3) is 3.54. The van der Waals surface area contributed by atoms with E-state index >= 15 is 0 Å². The predicted octanol–water partition coefficient (Wildman–Crippen LogP) is 3.60. The Kier molecular flexibility index (Phi) is 5.32. The van der Waals surface area contributed by atoms with E-state index in [0.717, 1.165) is 0 Å². The second kappa shape index (κ2) is 7.69. The number of methoxy groups -OCH3 is 2. The summed E-state index contributed by atoms with van der Waals surface area (Å²) in [7, 11) is 2.94. The molecule has 1 N–H and O–H groups in total. The molecule has 0 spiro atoms. The number of ether oxygens (including phenoxy) is 2. The monoisotopic (exact) mass is 404 g/mol. The molecule has 0 bridgehead atoms. The van der Waals surface area contributed by atoms with Crippen molar-refractivity contribution in [3.8, 4) is 17.3 Å². The van der Waals surface area contributed by atoms with E-state index in [1.807, 2.05) is 0 Å². The molecule has 0 atom stereocenters. The number of aryl methyl sites for hydroxylation is 2. The molecule has 0 aliphatic carbocycles. The molecule has 2 heterocycles. The maximum absolute atomic E-state index is 11.8. The molecule has 3 aromatic rings. The molecule has 28 heavy (non-hydrogen) atoms. The van der Waals surface area contributed by atoms with Gasteiger partial charge in [-0.1, -0.05) is 11.6 Å². The number of halogens is 1. The number of benzene rings is 1. The lowest BCUT2D eigenvalue weighted by Gasteiger charge is -2.14. The number of anilines is 2. The highest BCUT2D eigenvalue weighted by molar-refractivity contribution is 6.32. The van der Waals surface area contributed by atoms with Crippen LogP contribution in [0.5, 0.6) is 11.5 Å². The molecule has 1 aromatic carbocycles. The summed E-state index contributed by atoms with van der Waals surface area (Å²) in [5.74, 6) is 0.806. The number of rotatable bonds is 6. The van der Waals surface area contributed by atoms with E-state index in [4.69, 9.17) is 21.1 Å². The molecule has 0 unspecified atom stereocenters. The van der Waals surface area contributed by atoms with E-state index < -0.39 is 4.92 Å². The lowest BCUT2D eigenvalue weighted by atomic mass is 10.2. The largest absolute Gasteiger partial charge is 0.495 e. The first-order chi connectivity index (χ1) is 13.3. The minimum atomic E-state index is -0.564. The lowest BCUT2D eigenvalue weighted by molar-refractivity contribution is -0.384. The minimum absolute atomic E-state index is 0.0258. The molecule has 0 saturated heterocycles. The maximum Gasteiger partial charge on any atom is 0.355 e. The van der Waals surface area contributed by atoms with Gasteiger partial charge in [-0.25, -0.2) is 14.6 Å². The number of hydrogen-bond acceptors (Lipinski definition) is 8. The zero-order valence-electron chi connectivity index (χ0n) is 15.6. The summed E-state index contributed by atoms with van der Waals surface area (Å²) in [4.78, 5) is 19.3. The summed E-state index contributed by atoms with van der Waals surface area (Å²) in [6.45, 7) is 3.57. The summed E-state index contributed by atoms with van der Waals surface area (Å²) in [5.41, 5.74) is 1.47.